The second-order valence-corrected chi connectivity index (χ2v) is 8.69. The molecule has 2 heterocycles. The van der Waals surface area contributed by atoms with Crippen LogP contribution in [0, 0.1) is 0 Å². The second kappa shape index (κ2) is 9.89. The molecule has 0 radical (unpaired) electrons. The summed E-state index contributed by atoms with van der Waals surface area (Å²) >= 11 is 7.49. The van der Waals surface area contributed by atoms with Crippen LogP contribution in [0.1, 0.15) is 27.7 Å². The quantitative estimate of drug-likeness (QED) is 0.522. The summed E-state index contributed by atoms with van der Waals surface area (Å²) in [7, 11) is 0. The van der Waals surface area contributed by atoms with Gasteiger partial charge in [-0.1, -0.05) is 23.7 Å². The predicted molar refractivity (Wildman–Crippen MR) is 121 cm³/mol. The Morgan fingerprint density at radius 3 is 2.52 bits per heavy atom. The molecule has 160 valence electrons. The van der Waals surface area contributed by atoms with Crippen molar-refractivity contribution in [3.05, 3.63) is 77.1 Å². The van der Waals surface area contributed by atoms with Gasteiger partial charge in [0.2, 0.25) is 5.91 Å². The van der Waals surface area contributed by atoms with E-state index in [1.54, 1.807) is 48.3 Å². The van der Waals surface area contributed by atoms with Crippen molar-refractivity contribution in [2.45, 2.75) is 17.7 Å². The summed E-state index contributed by atoms with van der Waals surface area (Å²) in [4.78, 5) is 24.9. The fourth-order valence-electron chi connectivity index (χ4n) is 3.20. The number of amides is 2. The molecule has 0 aliphatic carbocycles. The maximum absolute atomic E-state index is 12.8. The number of hydrogen-bond acceptors (Lipinski definition) is 5. The average molecular weight is 457 g/mol. The standard InChI is InChI=1S/C22H21ClN4O3S/c23-15-3-7-18(8-4-15)30-17-5-1-14(2-6-17)20-22(29)26-16(10-12-31-20)13-24-21(28)19-9-11-25-27-19/h1-9,11,16,20H,10,12-13H2,(H,24,28)(H,25,27)(H,26,29)/t16-,20+/m0/s1. The first kappa shape index (κ1) is 21.3. The summed E-state index contributed by atoms with van der Waals surface area (Å²) in [6.07, 6.45) is 2.36. The van der Waals surface area contributed by atoms with E-state index in [1.807, 2.05) is 24.3 Å². The van der Waals surface area contributed by atoms with Crippen LogP contribution in [-0.4, -0.2) is 40.4 Å². The first-order valence-corrected chi connectivity index (χ1v) is 11.2. The lowest BCUT2D eigenvalue weighted by Gasteiger charge is -2.18. The van der Waals surface area contributed by atoms with E-state index in [0.29, 0.717) is 28.8 Å². The van der Waals surface area contributed by atoms with Crippen LogP contribution in [0.15, 0.2) is 60.8 Å². The number of aromatic amines is 1. The molecule has 3 N–H and O–H groups in total. The molecule has 4 rings (SSSR count). The van der Waals surface area contributed by atoms with Crippen molar-refractivity contribution in [3.63, 3.8) is 0 Å². The molecule has 9 heteroatoms. The van der Waals surface area contributed by atoms with E-state index in [4.69, 9.17) is 16.3 Å². The van der Waals surface area contributed by atoms with Crippen LogP contribution in [0.2, 0.25) is 5.02 Å². The van der Waals surface area contributed by atoms with Crippen LogP contribution in [0.5, 0.6) is 11.5 Å². The molecule has 1 aromatic heterocycles. The zero-order valence-electron chi connectivity index (χ0n) is 16.5. The summed E-state index contributed by atoms with van der Waals surface area (Å²) in [5, 5.41) is 12.7. The average Bonchev–Trinajstić information content (AvgIpc) is 3.25. The number of nitrogens with zero attached hydrogens (tertiary/aromatic N) is 1. The Kier molecular flexibility index (Phi) is 6.79. The van der Waals surface area contributed by atoms with Gasteiger partial charge in [-0.25, -0.2) is 0 Å². The molecule has 0 saturated carbocycles. The maximum atomic E-state index is 12.8. The van der Waals surface area contributed by atoms with E-state index in [9.17, 15) is 9.59 Å². The van der Waals surface area contributed by atoms with Gasteiger partial charge in [-0.3, -0.25) is 14.7 Å². The molecule has 2 atom stereocenters. The van der Waals surface area contributed by atoms with Crippen molar-refractivity contribution in [2.75, 3.05) is 12.3 Å². The Bertz CT molecular complexity index is 1030. The van der Waals surface area contributed by atoms with Gasteiger partial charge in [0.1, 0.15) is 22.4 Å². The molecule has 7 nitrogen and oxygen atoms in total. The second-order valence-electron chi connectivity index (χ2n) is 7.04. The summed E-state index contributed by atoms with van der Waals surface area (Å²) in [6.45, 7) is 0.360. The number of thioether (sulfide) groups is 1. The highest BCUT2D eigenvalue weighted by Crippen LogP contribution is 2.33. The third-order valence-corrected chi connectivity index (χ3v) is 6.35. The molecule has 1 fully saturated rings. The summed E-state index contributed by atoms with van der Waals surface area (Å²) in [5.74, 6) is 1.85. The minimum Gasteiger partial charge on any atom is -0.457 e. The number of halogens is 1. The molecule has 0 spiro atoms. The zero-order chi connectivity index (χ0) is 21.6. The number of aromatic nitrogens is 2. The van der Waals surface area contributed by atoms with Gasteiger partial charge in [0.15, 0.2) is 0 Å². The summed E-state index contributed by atoms with van der Waals surface area (Å²) in [5.41, 5.74) is 1.24. The van der Waals surface area contributed by atoms with Gasteiger partial charge < -0.3 is 15.4 Å². The van der Waals surface area contributed by atoms with Gasteiger partial charge in [-0.2, -0.15) is 5.10 Å². The molecule has 1 saturated heterocycles. The van der Waals surface area contributed by atoms with Gasteiger partial charge in [-0.15, -0.1) is 11.8 Å². The highest BCUT2D eigenvalue weighted by atomic mass is 35.5. The largest absolute Gasteiger partial charge is 0.457 e. The molecule has 2 amide bonds. The summed E-state index contributed by atoms with van der Waals surface area (Å²) in [6, 6.07) is 16.1. The first-order chi connectivity index (χ1) is 15.1. The third-order valence-electron chi connectivity index (χ3n) is 4.81. The number of rotatable bonds is 6. The zero-order valence-corrected chi connectivity index (χ0v) is 18.1. The highest BCUT2D eigenvalue weighted by molar-refractivity contribution is 8.00. The number of hydrogen-bond donors (Lipinski definition) is 3. The van der Waals surface area contributed by atoms with Crippen molar-refractivity contribution < 1.29 is 14.3 Å². The van der Waals surface area contributed by atoms with Crippen molar-refractivity contribution in [1.29, 1.82) is 0 Å². The third kappa shape index (κ3) is 5.59. The normalized spacial score (nSPS) is 18.7. The molecule has 0 unspecified atom stereocenters. The molecule has 1 aliphatic rings. The van der Waals surface area contributed by atoms with Gasteiger partial charge in [0, 0.05) is 23.8 Å². The number of H-pyrrole nitrogens is 1. The van der Waals surface area contributed by atoms with E-state index in [2.05, 4.69) is 20.8 Å². The van der Waals surface area contributed by atoms with E-state index in [-0.39, 0.29) is 23.1 Å². The molecular formula is C22H21ClN4O3S. The Balaban J connectivity index is 1.33. The van der Waals surface area contributed by atoms with Crippen LogP contribution in [-0.2, 0) is 4.79 Å². The minimum absolute atomic E-state index is 0.0621. The van der Waals surface area contributed by atoms with E-state index in [0.717, 1.165) is 17.7 Å². The molecule has 2 aromatic carbocycles. The minimum atomic E-state index is -0.309. The first-order valence-electron chi connectivity index (χ1n) is 9.82. The lowest BCUT2D eigenvalue weighted by atomic mass is 10.1. The van der Waals surface area contributed by atoms with Gasteiger partial charge >= 0.3 is 0 Å². The van der Waals surface area contributed by atoms with Crippen molar-refractivity contribution in [1.82, 2.24) is 20.8 Å². The number of ether oxygens (including phenoxy) is 1. The van der Waals surface area contributed by atoms with Crippen LogP contribution in [0.4, 0.5) is 0 Å². The Hall–Kier alpha value is -2.97. The van der Waals surface area contributed by atoms with Crippen LogP contribution in [0.3, 0.4) is 0 Å². The van der Waals surface area contributed by atoms with Gasteiger partial charge in [-0.05, 0) is 60.2 Å². The molecule has 1 aliphatic heterocycles. The number of carbonyl (C=O) groups excluding carboxylic acids is 2. The number of carbonyl (C=O) groups is 2. The molecule has 0 bridgehead atoms. The topological polar surface area (TPSA) is 96.1 Å². The predicted octanol–water partition coefficient (Wildman–Crippen LogP) is 3.95. The smallest absolute Gasteiger partial charge is 0.271 e. The van der Waals surface area contributed by atoms with Gasteiger partial charge in [0.25, 0.3) is 5.91 Å². The SMILES string of the molecule is O=C(NC[C@@H]1CCS[C@H](c2ccc(Oc3ccc(Cl)cc3)cc2)C(=O)N1)c1cc[nH]n1. The molecule has 31 heavy (non-hydrogen) atoms. The van der Waals surface area contributed by atoms with Crippen molar-refractivity contribution in [3.8, 4) is 11.5 Å². The maximum Gasteiger partial charge on any atom is 0.271 e. The number of nitrogens with one attached hydrogen (secondary N) is 3. The van der Waals surface area contributed by atoms with Crippen LogP contribution in [0.25, 0.3) is 0 Å². The van der Waals surface area contributed by atoms with Gasteiger partial charge in [0.05, 0.1) is 0 Å². The fourth-order valence-corrected chi connectivity index (χ4v) is 4.55. The fraction of sp³-hybridized carbons (Fsp3) is 0.227. The monoisotopic (exact) mass is 456 g/mol. The van der Waals surface area contributed by atoms with E-state index >= 15 is 0 Å². The number of benzene rings is 2. The van der Waals surface area contributed by atoms with E-state index < -0.39 is 0 Å². The Morgan fingerprint density at radius 1 is 1.13 bits per heavy atom. The Morgan fingerprint density at radius 2 is 1.84 bits per heavy atom. The van der Waals surface area contributed by atoms with Crippen LogP contribution < -0.4 is 15.4 Å². The summed E-state index contributed by atoms with van der Waals surface area (Å²) < 4.78 is 5.82. The highest BCUT2D eigenvalue weighted by Gasteiger charge is 2.27. The lowest BCUT2D eigenvalue weighted by Crippen LogP contribution is -2.43. The van der Waals surface area contributed by atoms with Crippen molar-refractivity contribution in [2.24, 2.45) is 0 Å². The Labute approximate surface area is 188 Å². The van der Waals surface area contributed by atoms with E-state index in [1.165, 1.54) is 0 Å². The lowest BCUT2D eigenvalue weighted by molar-refractivity contribution is -0.121. The van der Waals surface area contributed by atoms with Crippen LogP contribution >= 0.6 is 23.4 Å². The molecule has 3 aromatic rings. The van der Waals surface area contributed by atoms with Crippen molar-refractivity contribution >= 4 is 35.2 Å². The molecular weight excluding hydrogens is 436 g/mol.